The molecule has 0 nitrogen and oxygen atoms in total. The molecule has 2 atom stereocenters. The molecule has 0 aliphatic heterocycles. The molecule has 0 fully saturated rings. The fourth-order valence-corrected chi connectivity index (χ4v) is 2.90. The first-order valence-corrected chi connectivity index (χ1v) is 7.53. The van der Waals surface area contributed by atoms with Crippen molar-refractivity contribution in [1.82, 2.24) is 0 Å². The zero-order chi connectivity index (χ0) is 13.5. The molecule has 0 aromatic carbocycles. The topological polar surface area (TPSA) is 0 Å². The van der Waals surface area contributed by atoms with Gasteiger partial charge in [0.1, 0.15) is 0 Å². The van der Waals surface area contributed by atoms with Gasteiger partial charge in [-0.2, -0.15) is 0 Å². The van der Waals surface area contributed by atoms with E-state index in [2.05, 4.69) is 52.5 Å². The molecule has 1 aliphatic carbocycles. The van der Waals surface area contributed by atoms with E-state index in [9.17, 15) is 0 Å². The third-order valence-corrected chi connectivity index (χ3v) is 4.03. The van der Waals surface area contributed by atoms with Crippen molar-refractivity contribution in [3.63, 3.8) is 0 Å². The molecule has 0 aromatic heterocycles. The van der Waals surface area contributed by atoms with Gasteiger partial charge in [-0.3, -0.25) is 0 Å². The highest BCUT2D eigenvalue weighted by Crippen LogP contribution is 2.31. The smallest absolute Gasteiger partial charge is 0.0160 e. The Balaban J connectivity index is 2.55. The zero-order valence-electron chi connectivity index (χ0n) is 12.7. The minimum atomic E-state index is 0.669. The van der Waals surface area contributed by atoms with Gasteiger partial charge in [0.05, 0.1) is 0 Å². The second-order valence-corrected chi connectivity index (χ2v) is 6.30. The number of hydrogen-bond donors (Lipinski definition) is 0. The summed E-state index contributed by atoms with van der Waals surface area (Å²) < 4.78 is 0. The Morgan fingerprint density at radius 2 is 2.06 bits per heavy atom. The van der Waals surface area contributed by atoms with Crippen LogP contribution in [0.5, 0.6) is 0 Å². The van der Waals surface area contributed by atoms with Crippen LogP contribution in [0, 0.1) is 17.8 Å². The molecule has 0 radical (unpaired) electrons. The standard InChI is InChI=1S/C18H30/c1-6-16(11-14(2)3)12-18(15(4)5)13-17-9-7-8-10-17/h7,9-10,14,16,18H,4,6,8,11-13H2,1-3,5H3/t16?,18-/m0/s1. The molecule has 0 bridgehead atoms. The van der Waals surface area contributed by atoms with Crippen LogP contribution in [0.15, 0.2) is 36.0 Å². The zero-order valence-corrected chi connectivity index (χ0v) is 12.7. The normalized spacial score (nSPS) is 17.9. The van der Waals surface area contributed by atoms with Gasteiger partial charge in [-0.15, -0.1) is 0 Å². The Morgan fingerprint density at radius 3 is 2.50 bits per heavy atom. The molecule has 0 heterocycles. The van der Waals surface area contributed by atoms with Gasteiger partial charge in [0.25, 0.3) is 0 Å². The van der Waals surface area contributed by atoms with E-state index in [1.54, 1.807) is 0 Å². The van der Waals surface area contributed by atoms with Crippen molar-refractivity contribution in [2.75, 3.05) is 0 Å². The van der Waals surface area contributed by atoms with Gasteiger partial charge in [0.2, 0.25) is 0 Å². The highest BCUT2D eigenvalue weighted by atomic mass is 14.2. The molecule has 0 spiro atoms. The largest absolute Gasteiger partial charge is 0.0998 e. The van der Waals surface area contributed by atoms with Crippen molar-refractivity contribution in [2.45, 2.75) is 59.8 Å². The van der Waals surface area contributed by atoms with Gasteiger partial charge in [0.15, 0.2) is 0 Å². The van der Waals surface area contributed by atoms with Crippen molar-refractivity contribution in [1.29, 1.82) is 0 Å². The second-order valence-electron chi connectivity index (χ2n) is 6.30. The van der Waals surface area contributed by atoms with E-state index in [1.807, 2.05) is 0 Å². The fourth-order valence-electron chi connectivity index (χ4n) is 2.90. The first-order valence-electron chi connectivity index (χ1n) is 7.53. The molecule has 0 aromatic rings. The average Bonchev–Trinajstić information content (AvgIpc) is 2.79. The third kappa shape index (κ3) is 5.25. The van der Waals surface area contributed by atoms with Crippen LogP contribution in [0.1, 0.15) is 59.8 Å². The molecule has 0 heteroatoms. The maximum atomic E-state index is 4.21. The van der Waals surface area contributed by atoms with E-state index in [-0.39, 0.29) is 0 Å². The summed E-state index contributed by atoms with van der Waals surface area (Å²) in [6.07, 6.45) is 13.2. The van der Waals surface area contributed by atoms with Crippen LogP contribution in [0.2, 0.25) is 0 Å². The van der Waals surface area contributed by atoms with Gasteiger partial charge in [0, 0.05) is 0 Å². The molecule has 0 amide bonds. The first kappa shape index (κ1) is 15.3. The maximum Gasteiger partial charge on any atom is -0.0160 e. The summed E-state index contributed by atoms with van der Waals surface area (Å²) >= 11 is 0. The highest BCUT2D eigenvalue weighted by Gasteiger charge is 2.18. The molecule has 0 N–H and O–H groups in total. The Bertz CT molecular complexity index is 317. The Hall–Kier alpha value is -0.780. The summed E-state index contributed by atoms with van der Waals surface area (Å²) in [4.78, 5) is 0. The summed E-state index contributed by atoms with van der Waals surface area (Å²) in [5.74, 6) is 2.34. The quantitative estimate of drug-likeness (QED) is 0.466. The minimum absolute atomic E-state index is 0.669. The highest BCUT2D eigenvalue weighted by molar-refractivity contribution is 5.27. The van der Waals surface area contributed by atoms with Gasteiger partial charge in [-0.05, 0) is 50.4 Å². The molecule has 102 valence electrons. The molecular formula is C18H30. The van der Waals surface area contributed by atoms with Crippen LogP contribution in [0.25, 0.3) is 0 Å². The van der Waals surface area contributed by atoms with E-state index in [1.165, 1.54) is 36.8 Å². The van der Waals surface area contributed by atoms with Crippen LogP contribution in [-0.2, 0) is 0 Å². The predicted octanol–water partition coefficient (Wildman–Crippen LogP) is 5.92. The van der Waals surface area contributed by atoms with Gasteiger partial charge in [-0.25, -0.2) is 0 Å². The molecule has 18 heavy (non-hydrogen) atoms. The van der Waals surface area contributed by atoms with E-state index >= 15 is 0 Å². The molecule has 0 saturated carbocycles. The number of rotatable bonds is 8. The first-order chi connectivity index (χ1) is 8.52. The molecule has 1 rings (SSSR count). The molecular weight excluding hydrogens is 216 g/mol. The lowest BCUT2D eigenvalue weighted by atomic mass is 9.81. The van der Waals surface area contributed by atoms with E-state index in [4.69, 9.17) is 0 Å². The number of hydrogen-bond acceptors (Lipinski definition) is 0. The Morgan fingerprint density at radius 1 is 1.33 bits per heavy atom. The van der Waals surface area contributed by atoms with Crippen LogP contribution < -0.4 is 0 Å². The lowest BCUT2D eigenvalue weighted by Crippen LogP contribution is -2.12. The maximum absolute atomic E-state index is 4.21. The predicted molar refractivity (Wildman–Crippen MR) is 82.6 cm³/mol. The Kier molecular flexibility index (Phi) is 6.46. The SMILES string of the molecule is C=C(C)[C@H](CC1=CCC=C1)CC(CC)CC(C)C. The van der Waals surface area contributed by atoms with Gasteiger partial charge >= 0.3 is 0 Å². The van der Waals surface area contributed by atoms with Crippen molar-refractivity contribution >= 4 is 0 Å². The van der Waals surface area contributed by atoms with Crippen molar-refractivity contribution in [3.8, 4) is 0 Å². The third-order valence-electron chi connectivity index (χ3n) is 4.03. The van der Waals surface area contributed by atoms with Gasteiger partial charge < -0.3 is 0 Å². The Labute approximate surface area is 114 Å². The number of allylic oxidation sites excluding steroid dienone is 5. The molecule has 1 unspecified atom stereocenters. The molecule has 0 saturated heterocycles. The van der Waals surface area contributed by atoms with Crippen LogP contribution >= 0.6 is 0 Å². The van der Waals surface area contributed by atoms with E-state index < -0.39 is 0 Å². The summed E-state index contributed by atoms with van der Waals surface area (Å²) in [7, 11) is 0. The summed E-state index contributed by atoms with van der Waals surface area (Å²) in [5.41, 5.74) is 2.88. The monoisotopic (exact) mass is 246 g/mol. The van der Waals surface area contributed by atoms with Gasteiger partial charge in [-0.1, -0.05) is 63.1 Å². The van der Waals surface area contributed by atoms with E-state index in [0.29, 0.717) is 5.92 Å². The minimum Gasteiger partial charge on any atom is -0.0998 e. The summed E-state index contributed by atoms with van der Waals surface area (Å²) in [6, 6.07) is 0. The summed E-state index contributed by atoms with van der Waals surface area (Å²) in [6.45, 7) is 13.4. The van der Waals surface area contributed by atoms with Crippen LogP contribution in [0.3, 0.4) is 0 Å². The second kappa shape index (κ2) is 7.61. The van der Waals surface area contributed by atoms with Crippen LogP contribution in [0.4, 0.5) is 0 Å². The van der Waals surface area contributed by atoms with Crippen molar-refractivity contribution in [2.24, 2.45) is 17.8 Å². The summed E-state index contributed by atoms with van der Waals surface area (Å²) in [5, 5.41) is 0. The lowest BCUT2D eigenvalue weighted by Gasteiger charge is -2.24. The van der Waals surface area contributed by atoms with Crippen molar-refractivity contribution in [3.05, 3.63) is 36.0 Å². The fraction of sp³-hybridized carbons (Fsp3) is 0.667. The molecule has 1 aliphatic rings. The average molecular weight is 246 g/mol. The van der Waals surface area contributed by atoms with E-state index in [0.717, 1.165) is 18.3 Å². The lowest BCUT2D eigenvalue weighted by molar-refractivity contribution is 0.332. The van der Waals surface area contributed by atoms with Crippen LogP contribution in [-0.4, -0.2) is 0 Å². The van der Waals surface area contributed by atoms with Crippen molar-refractivity contribution < 1.29 is 0 Å².